The number of nitro groups is 1. The number of nitrogens with zero attached hydrogens (tertiary/aromatic N) is 2. The maximum atomic E-state index is 12.1. The molecule has 0 bridgehead atoms. The van der Waals surface area contributed by atoms with Crippen LogP contribution >= 0.6 is 0 Å². The first-order valence-corrected chi connectivity index (χ1v) is 6.37. The Morgan fingerprint density at radius 3 is 2.60 bits per heavy atom. The van der Waals surface area contributed by atoms with Crippen LogP contribution in [0.15, 0.2) is 18.2 Å². The molecule has 0 unspecified atom stereocenters. The number of benzene rings is 1. The molecule has 0 spiro atoms. The van der Waals surface area contributed by atoms with Gasteiger partial charge < -0.3 is 4.74 Å². The van der Waals surface area contributed by atoms with E-state index in [0.717, 1.165) is 12.8 Å². The van der Waals surface area contributed by atoms with Gasteiger partial charge in [-0.15, -0.1) is 0 Å². The van der Waals surface area contributed by atoms with Crippen LogP contribution in [0.4, 0.5) is 5.69 Å². The van der Waals surface area contributed by atoms with E-state index in [9.17, 15) is 20.2 Å². The van der Waals surface area contributed by atoms with Gasteiger partial charge in [0.15, 0.2) is 5.41 Å². The first-order chi connectivity index (χ1) is 9.48. The highest BCUT2D eigenvalue weighted by molar-refractivity contribution is 5.82. The number of nitriles is 1. The van der Waals surface area contributed by atoms with Crippen LogP contribution in [0, 0.1) is 33.8 Å². The summed E-state index contributed by atoms with van der Waals surface area (Å²) in [6.07, 6.45) is 2.69. The lowest BCUT2D eigenvalue weighted by atomic mass is 9.88. The summed E-state index contributed by atoms with van der Waals surface area (Å²) in [5.74, 6) is -0.328. The highest BCUT2D eigenvalue weighted by Gasteiger charge is 2.43. The number of hydrogen-bond donors (Lipinski definition) is 0. The lowest BCUT2D eigenvalue weighted by Gasteiger charge is -2.17. The summed E-state index contributed by atoms with van der Waals surface area (Å²) in [4.78, 5) is 22.3. The fourth-order valence-electron chi connectivity index (χ4n) is 2.44. The van der Waals surface area contributed by atoms with E-state index in [1.165, 1.54) is 18.2 Å². The molecule has 0 radical (unpaired) electrons. The second-order valence-corrected chi connectivity index (χ2v) is 5.00. The summed E-state index contributed by atoms with van der Waals surface area (Å²) in [6, 6.07) is 6.17. The summed E-state index contributed by atoms with van der Waals surface area (Å²) in [5.41, 5.74) is -0.672. The van der Waals surface area contributed by atoms with Crippen LogP contribution < -0.4 is 4.74 Å². The van der Waals surface area contributed by atoms with E-state index < -0.39 is 16.3 Å². The SMILES string of the molecule is Cc1cc(OC(=O)C2(C#N)CCCC2)ccc1[N+](=O)[O-]. The van der Waals surface area contributed by atoms with Crippen molar-refractivity contribution in [1.82, 2.24) is 0 Å². The van der Waals surface area contributed by atoms with Gasteiger partial charge in [0.25, 0.3) is 5.69 Å². The summed E-state index contributed by atoms with van der Waals surface area (Å²) in [7, 11) is 0. The molecule has 20 heavy (non-hydrogen) atoms. The summed E-state index contributed by atoms with van der Waals surface area (Å²) in [5, 5.41) is 19.9. The maximum Gasteiger partial charge on any atom is 0.331 e. The molecule has 1 aliphatic rings. The largest absolute Gasteiger partial charge is 0.425 e. The number of aryl methyl sites for hydroxylation is 1. The third-order valence-electron chi connectivity index (χ3n) is 3.64. The van der Waals surface area contributed by atoms with Crippen molar-refractivity contribution < 1.29 is 14.5 Å². The molecular formula is C14H14N2O4. The quantitative estimate of drug-likeness (QED) is 0.365. The minimum atomic E-state index is -1.06. The first-order valence-electron chi connectivity index (χ1n) is 6.37. The van der Waals surface area contributed by atoms with Crippen molar-refractivity contribution in [2.75, 3.05) is 0 Å². The Bertz CT molecular complexity index is 598. The summed E-state index contributed by atoms with van der Waals surface area (Å²) in [6.45, 7) is 1.57. The fraction of sp³-hybridized carbons (Fsp3) is 0.429. The molecule has 0 aromatic heterocycles. The molecule has 1 saturated carbocycles. The zero-order valence-electron chi connectivity index (χ0n) is 11.1. The molecular weight excluding hydrogens is 260 g/mol. The van der Waals surface area contributed by atoms with E-state index in [4.69, 9.17) is 4.74 Å². The molecule has 6 heteroatoms. The van der Waals surface area contributed by atoms with E-state index in [0.29, 0.717) is 18.4 Å². The van der Waals surface area contributed by atoms with Crippen molar-refractivity contribution in [3.05, 3.63) is 33.9 Å². The molecule has 0 aliphatic heterocycles. The Kier molecular flexibility index (Phi) is 3.70. The number of ether oxygens (including phenoxy) is 1. The van der Waals surface area contributed by atoms with Crippen LogP contribution in [-0.2, 0) is 4.79 Å². The summed E-state index contributed by atoms with van der Waals surface area (Å²) >= 11 is 0. The number of nitro benzene ring substituents is 1. The molecule has 0 atom stereocenters. The minimum absolute atomic E-state index is 0.0272. The van der Waals surface area contributed by atoms with Gasteiger partial charge >= 0.3 is 5.97 Å². The van der Waals surface area contributed by atoms with E-state index >= 15 is 0 Å². The topological polar surface area (TPSA) is 93.2 Å². The lowest BCUT2D eigenvalue weighted by Crippen LogP contribution is -2.30. The Hall–Kier alpha value is -2.42. The molecule has 0 heterocycles. The number of hydrogen-bond acceptors (Lipinski definition) is 5. The minimum Gasteiger partial charge on any atom is -0.425 e. The van der Waals surface area contributed by atoms with Gasteiger partial charge in [0, 0.05) is 11.6 Å². The van der Waals surface area contributed by atoms with Crippen molar-refractivity contribution in [1.29, 1.82) is 5.26 Å². The number of rotatable bonds is 3. The second kappa shape index (κ2) is 5.29. The Labute approximate surface area is 116 Å². The Balaban J connectivity index is 2.18. The predicted molar refractivity (Wildman–Crippen MR) is 70.0 cm³/mol. The van der Waals surface area contributed by atoms with Crippen LogP contribution in [-0.4, -0.2) is 10.9 Å². The highest BCUT2D eigenvalue weighted by Crippen LogP contribution is 2.39. The van der Waals surface area contributed by atoms with Crippen LogP contribution in [0.2, 0.25) is 0 Å². The van der Waals surface area contributed by atoms with Gasteiger partial charge in [0.2, 0.25) is 0 Å². The summed E-state index contributed by atoms with van der Waals surface area (Å²) < 4.78 is 5.22. The zero-order valence-corrected chi connectivity index (χ0v) is 11.1. The molecule has 2 rings (SSSR count). The molecule has 1 aromatic rings. The van der Waals surface area contributed by atoms with Gasteiger partial charge in [-0.1, -0.05) is 12.8 Å². The van der Waals surface area contributed by atoms with Gasteiger partial charge in [0.1, 0.15) is 5.75 Å². The van der Waals surface area contributed by atoms with Crippen LogP contribution in [0.5, 0.6) is 5.75 Å². The normalized spacial score (nSPS) is 16.4. The van der Waals surface area contributed by atoms with Crippen LogP contribution in [0.1, 0.15) is 31.2 Å². The molecule has 6 nitrogen and oxygen atoms in total. The number of esters is 1. The van der Waals surface area contributed by atoms with Crippen LogP contribution in [0.3, 0.4) is 0 Å². The van der Waals surface area contributed by atoms with Gasteiger partial charge in [0.05, 0.1) is 11.0 Å². The van der Waals surface area contributed by atoms with Crippen molar-refractivity contribution in [3.8, 4) is 11.8 Å². The third-order valence-corrected chi connectivity index (χ3v) is 3.64. The smallest absolute Gasteiger partial charge is 0.331 e. The molecule has 104 valence electrons. The van der Waals surface area contributed by atoms with Crippen molar-refractivity contribution in [2.24, 2.45) is 5.41 Å². The van der Waals surface area contributed by atoms with Crippen molar-refractivity contribution in [3.63, 3.8) is 0 Å². The van der Waals surface area contributed by atoms with E-state index in [1.807, 2.05) is 0 Å². The highest BCUT2D eigenvalue weighted by atomic mass is 16.6. The third kappa shape index (κ3) is 2.48. The van der Waals surface area contributed by atoms with E-state index in [-0.39, 0.29) is 11.4 Å². The van der Waals surface area contributed by atoms with Crippen molar-refractivity contribution in [2.45, 2.75) is 32.6 Å². The lowest BCUT2D eigenvalue weighted by molar-refractivity contribution is -0.385. The number of carbonyl (C=O) groups is 1. The Morgan fingerprint density at radius 2 is 2.10 bits per heavy atom. The maximum absolute atomic E-state index is 12.1. The van der Waals surface area contributed by atoms with Gasteiger partial charge in [-0.05, 0) is 31.9 Å². The van der Waals surface area contributed by atoms with E-state index in [1.54, 1.807) is 6.92 Å². The number of carbonyl (C=O) groups excluding carboxylic acids is 1. The first kappa shape index (κ1) is 14.0. The second-order valence-electron chi connectivity index (χ2n) is 5.00. The average molecular weight is 274 g/mol. The fourth-order valence-corrected chi connectivity index (χ4v) is 2.44. The standard InChI is InChI=1S/C14H14N2O4/c1-10-8-11(4-5-12(10)16(18)19)20-13(17)14(9-15)6-2-3-7-14/h4-5,8H,2-3,6-7H2,1H3. The van der Waals surface area contributed by atoms with E-state index in [2.05, 4.69) is 6.07 Å². The van der Waals surface area contributed by atoms with Gasteiger partial charge in [-0.25, -0.2) is 4.79 Å². The van der Waals surface area contributed by atoms with Crippen LogP contribution in [0.25, 0.3) is 0 Å². The molecule has 1 aliphatic carbocycles. The Morgan fingerprint density at radius 1 is 1.45 bits per heavy atom. The molecule has 0 amide bonds. The molecule has 0 N–H and O–H groups in total. The monoisotopic (exact) mass is 274 g/mol. The zero-order chi connectivity index (χ0) is 14.8. The molecule has 0 saturated heterocycles. The average Bonchev–Trinajstić information content (AvgIpc) is 2.88. The van der Waals surface area contributed by atoms with Crippen molar-refractivity contribution >= 4 is 11.7 Å². The molecule has 1 fully saturated rings. The predicted octanol–water partition coefficient (Wildman–Crippen LogP) is 2.89. The molecule has 1 aromatic carbocycles. The van der Waals surface area contributed by atoms with Gasteiger partial charge in [-0.3, -0.25) is 10.1 Å². The van der Waals surface area contributed by atoms with Gasteiger partial charge in [-0.2, -0.15) is 5.26 Å².